The molecular weight excluding hydrogens is 273 g/mol. The second-order valence-electron chi connectivity index (χ2n) is 4.60. The molecule has 0 atom stereocenters. The highest BCUT2D eigenvalue weighted by molar-refractivity contribution is 5.99. The van der Waals surface area contributed by atoms with Crippen molar-refractivity contribution in [2.45, 2.75) is 20.8 Å². The van der Waals surface area contributed by atoms with Crippen LogP contribution in [0, 0.1) is 5.82 Å². The molecule has 1 rings (SSSR count). The van der Waals surface area contributed by atoms with Crippen molar-refractivity contribution in [2.24, 2.45) is 0 Å². The summed E-state index contributed by atoms with van der Waals surface area (Å²) < 4.78 is 24.1. The highest BCUT2D eigenvalue weighted by atomic mass is 19.1. The van der Waals surface area contributed by atoms with Crippen molar-refractivity contribution < 1.29 is 18.7 Å². The van der Waals surface area contributed by atoms with Crippen molar-refractivity contribution >= 4 is 11.5 Å². The third-order valence-corrected chi connectivity index (χ3v) is 3.10. The lowest BCUT2D eigenvalue weighted by Gasteiger charge is -2.26. The molecule has 0 radical (unpaired) electrons. The maximum atomic E-state index is 13.4. The average molecular weight is 297 g/mol. The SMILES string of the molecule is CCOCCN(CCOCC)c1ccc(F)cc1C(C)=O. The van der Waals surface area contributed by atoms with Gasteiger partial charge in [0, 0.05) is 37.6 Å². The van der Waals surface area contributed by atoms with Crippen molar-refractivity contribution in [3.63, 3.8) is 0 Å². The van der Waals surface area contributed by atoms with E-state index in [-0.39, 0.29) is 5.78 Å². The van der Waals surface area contributed by atoms with E-state index in [1.54, 1.807) is 6.07 Å². The fourth-order valence-electron chi connectivity index (χ4n) is 2.06. The van der Waals surface area contributed by atoms with E-state index in [0.29, 0.717) is 45.1 Å². The Labute approximate surface area is 125 Å². The van der Waals surface area contributed by atoms with Gasteiger partial charge in [-0.2, -0.15) is 0 Å². The van der Waals surface area contributed by atoms with Gasteiger partial charge in [0.25, 0.3) is 0 Å². The summed E-state index contributed by atoms with van der Waals surface area (Å²) in [5, 5.41) is 0. The van der Waals surface area contributed by atoms with Crippen molar-refractivity contribution in [3.05, 3.63) is 29.6 Å². The number of carbonyl (C=O) groups is 1. The quantitative estimate of drug-likeness (QED) is 0.492. The van der Waals surface area contributed by atoms with Gasteiger partial charge in [-0.15, -0.1) is 0 Å². The number of ether oxygens (including phenoxy) is 2. The van der Waals surface area contributed by atoms with Gasteiger partial charge in [-0.25, -0.2) is 4.39 Å². The van der Waals surface area contributed by atoms with E-state index in [4.69, 9.17) is 9.47 Å². The summed E-state index contributed by atoms with van der Waals surface area (Å²) in [5.74, 6) is -0.555. The normalized spacial score (nSPS) is 10.7. The van der Waals surface area contributed by atoms with Gasteiger partial charge in [0.15, 0.2) is 5.78 Å². The molecule has 0 bridgehead atoms. The van der Waals surface area contributed by atoms with E-state index in [1.165, 1.54) is 19.1 Å². The minimum absolute atomic E-state index is 0.151. The summed E-state index contributed by atoms with van der Waals surface area (Å²) in [4.78, 5) is 13.7. The second kappa shape index (κ2) is 9.47. The molecule has 0 aliphatic heterocycles. The molecule has 0 fully saturated rings. The Bertz CT molecular complexity index is 441. The van der Waals surface area contributed by atoms with Crippen LogP contribution in [0.5, 0.6) is 0 Å². The van der Waals surface area contributed by atoms with Crippen LogP contribution in [-0.2, 0) is 9.47 Å². The molecule has 0 unspecified atom stereocenters. The molecule has 21 heavy (non-hydrogen) atoms. The molecule has 0 saturated heterocycles. The zero-order chi connectivity index (χ0) is 15.7. The van der Waals surface area contributed by atoms with Gasteiger partial charge < -0.3 is 14.4 Å². The lowest BCUT2D eigenvalue weighted by molar-refractivity contribution is 0.101. The highest BCUT2D eigenvalue weighted by Gasteiger charge is 2.15. The van der Waals surface area contributed by atoms with Crippen LogP contribution >= 0.6 is 0 Å². The summed E-state index contributed by atoms with van der Waals surface area (Å²) in [6.45, 7) is 8.97. The van der Waals surface area contributed by atoms with Crippen LogP contribution in [-0.4, -0.2) is 45.3 Å². The van der Waals surface area contributed by atoms with Crippen LogP contribution in [0.15, 0.2) is 18.2 Å². The number of anilines is 1. The summed E-state index contributed by atoms with van der Waals surface area (Å²) in [6.07, 6.45) is 0. The smallest absolute Gasteiger partial charge is 0.161 e. The number of ketones is 1. The van der Waals surface area contributed by atoms with Gasteiger partial charge in [0.1, 0.15) is 5.82 Å². The first-order valence-corrected chi connectivity index (χ1v) is 7.31. The highest BCUT2D eigenvalue weighted by Crippen LogP contribution is 2.22. The molecule has 118 valence electrons. The fourth-order valence-corrected chi connectivity index (χ4v) is 2.06. The fraction of sp³-hybridized carbons (Fsp3) is 0.562. The van der Waals surface area contributed by atoms with Gasteiger partial charge in [-0.1, -0.05) is 0 Å². The Balaban J connectivity index is 2.91. The molecule has 5 heteroatoms. The van der Waals surface area contributed by atoms with Crippen LogP contribution in [0.25, 0.3) is 0 Å². The number of rotatable bonds is 10. The Morgan fingerprint density at radius 3 is 2.19 bits per heavy atom. The van der Waals surface area contributed by atoms with E-state index < -0.39 is 5.82 Å². The van der Waals surface area contributed by atoms with E-state index in [2.05, 4.69) is 0 Å². The van der Waals surface area contributed by atoms with Gasteiger partial charge >= 0.3 is 0 Å². The number of halogens is 1. The van der Waals surface area contributed by atoms with Crippen LogP contribution in [0.2, 0.25) is 0 Å². The molecule has 1 aromatic carbocycles. The standard InChI is InChI=1S/C16H24FNO3/c1-4-20-10-8-18(9-11-21-5-2)16-7-6-14(17)12-15(16)13(3)19/h6-7,12H,4-5,8-11H2,1-3H3. The maximum absolute atomic E-state index is 13.4. The summed E-state index contributed by atoms with van der Waals surface area (Å²) >= 11 is 0. The largest absolute Gasteiger partial charge is 0.380 e. The molecule has 0 N–H and O–H groups in total. The third-order valence-electron chi connectivity index (χ3n) is 3.10. The molecule has 0 aliphatic carbocycles. The zero-order valence-corrected chi connectivity index (χ0v) is 13.0. The van der Waals surface area contributed by atoms with E-state index in [9.17, 15) is 9.18 Å². The van der Waals surface area contributed by atoms with Crippen molar-refractivity contribution in [2.75, 3.05) is 44.4 Å². The molecule has 0 aliphatic rings. The summed E-state index contributed by atoms with van der Waals surface area (Å²) in [5.41, 5.74) is 1.12. The molecule has 0 spiro atoms. The van der Waals surface area contributed by atoms with Gasteiger partial charge in [-0.05, 0) is 39.0 Å². The minimum atomic E-state index is -0.404. The molecular formula is C16H24FNO3. The van der Waals surface area contributed by atoms with E-state index in [0.717, 1.165) is 5.69 Å². The molecule has 0 amide bonds. The summed E-state index contributed by atoms with van der Waals surface area (Å²) in [6, 6.07) is 4.30. The first kappa shape index (κ1) is 17.6. The molecule has 0 aromatic heterocycles. The second-order valence-corrected chi connectivity index (χ2v) is 4.60. The number of benzene rings is 1. The maximum Gasteiger partial charge on any atom is 0.161 e. The number of carbonyl (C=O) groups excluding carboxylic acids is 1. The minimum Gasteiger partial charge on any atom is -0.380 e. The van der Waals surface area contributed by atoms with Crippen molar-refractivity contribution in [1.82, 2.24) is 0 Å². The topological polar surface area (TPSA) is 38.8 Å². The Morgan fingerprint density at radius 2 is 1.71 bits per heavy atom. The zero-order valence-electron chi connectivity index (χ0n) is 13.0. The predicted molar refractivity (Wildman–Crippen MR) is 81.6 cm³/mol. The van der Waals surface area contributed by atoms with Crippen molar-refractivity contribution in [1.29, 1.82) is 0 Å². The third kappa shape index (κ3) is 5.81. The van der Waals surface area contributed by atoms with Gasteiger partial charge in [0.2, 0.25) is 0 Å². The Hall–Kier alpha value is -1.46. The first-order chi connectivity index (χ1) is 10.1. The van der Waals surface area contributed by atoms with Crippen LogP contribution in [0.3, 0.4) is 0 Å². The van der Waals surface area contributed by atoms with E-state index in [1.807, 2.05) is 18.7 Å². The number of nitrogens with zero attached hydrogens (tertiary/aromatic N) is 1. The van der Waals surface area contributed by atoms with Gasteiger partial charge in [-0.3, -0.25) is 4.79 Å². The van der Waals surface area contributed by atoms with E-state index >= 15 is 0 Å². The van der Waals surface area contributed by atoms with Crippen LogP contribution in [0.4, 0.5) is 10.1 Å². The number of Topliss-reactive ketones (excluding diaryl/α,β-unsaturated/α-hetero) is 1. The van der Waals surface area contributed by atoms with Crippen LogP contribution < -0.4 is 4.90 Å². The lowest BCUT2D eigenvalue weighted by Crippen LogP contribution is -2.32. The predicted octanol–water partition coefficient (Wildman–Crippen LogP) is 2.91. The summed E-state index contributed by atoms with van der Waals surface area (Å²) in [7, 11) is 0. The molecule has 4 nitrogen and oxygen atoms in total. The monoisotopic (exact) mass is 297 g/mol. The molecule has 0 saturated carbocycles. The Morgan fingerprint density at radius 1 is 1.14 bits per heavy atom. The lowest BCUT2D eigenvalue weighted by atomic mass is 10.1. The molecule has 1 aromatic rings. The van der Waals surface area contributed by atoms with Crippen molar-refractivity contribution in [3.8, 4) is 0 Å². The molecule has 0 heterocycles. The van der Waals surface area contributed by atoms with Gasteiger partial charge in [0.05, 0.1) is 13.2 Å². The average Bonchev–Trinajstić information content (AvgIpc) is 2.46. The Kier molecular flexibility index (Phi) is 7.93. The first-order valence-electron chi connectivity index (χ1n) is 7.31. The number of hydrogen-bond acceptors (Lipinski definition) is 4. The van der Waals surface area contributed by atoms with Crippen LogP contribution in [0.1, 0.15) is 31.1 Å². The number of hydrogen-bond donors (Lipinski definition) is 0.